The summed E-state index contributed by atoms with van der Waals surface area (Å²) in [6.07, 6.45) is 2.83. The average Bonchev–Trinajstić information content (AvgIpc) is 3.25. The van der Waals surface area contributed by atoms with Crippen LogP contribution < -0.4 is 4.72 Å². The Hall–Kier alpha value is -1.16. The molecule has 3 aromatic rings. The van der Waals surface area contributed by atoms with E-state index in [0.717, 1.165) is 11.3 Å². The van der Waals surface area contributed by atoms with Gasteiger partial charge in [0, 0.05) is 17.0 Å². The van der Waals surface area contributed by atoms with Crippen molar-refractivity contribution >= 4 is 44.3 Å². The molecule has 0 radical (unpaired) electrons. The molecule has 0 spiro atoms. The highest BCUT2D eigenvalue weighted by Gasteiger charge is 2.35. The summed E-state index contributed by atoms with van der Waals surface area (Å²) in [6, 6.07) is 8.09. The van der Waals surface area contributed by atoms with E-state index >= 15 is 0 Å². The second-order valence-corrected chi connectivity index (χ2v) is 9.39. The molecule has 2 N–H and O–H groups in total. The Morgan fingerprint density at radius 3 is 2.70 bits per heavy atom. The van der Waals surface area contributed by atoms with E-state index in [9.17, 15) is 13.5 Å². The van der Waals surface area contributed by atoms with Crippen LogP contribution in [0.5, 0.6) is 0 Å². The minimum atomic E-state index is -3.76. The van der Waals surface area contributed by atoms with Crippen molar-refractivity contribution in [3.63, 3.8) is 0 Å². The van der Waals surface area contributed by atoms with E-state index in [1.54, 1.807) is 18.2 Å². The van der Waals surface area contributed by atoms with Crippen LogP contribution in [0.25, 0.3) is 0 Å². The van der Waals surface area contributed by atoms with Crippen molar-refractivity contribution in [3.8, 4) is 0 Å². The zero-order valence-electron chi connectivity index (χ0n) is 11.6. The standard InChI is InChI=1S/C14H12ClNO4S3/c15-12-3-4-13(22-12)23(18,19)16-9-14(17,10-5-6-20-8-10)11-2-1-7-21-11/h1-8,16-17H,9H2/t14-/m0/s1. The molecular formula is C14H12ClNO4S3. The van der Waals surface area contributed by atoms with Crippen molar-refractivity contribution in [1.29, 1.82) is 0 Å². The lowest BCUT2D eigenvalue weighted by molar-refractivity contribution is 0.0892. The Balaban J connectivity index is 1.89. The lowest BCUT2D eigenvalue weighted by Gasteiger charge is -2.26. The number of sulfonamides is 1. The molecule has 0 unspecified atom stereocenters. The summed E-state index contributed by atoms with van der Waals surface area (Å²) in [4.78, 5) is 0.616. The number of hydrogen-bond acceptors (Lipinski definition) is 6. The first kappa shape index (κ1) is 16.7. The number of furan rings is 1. The summed E-state index contributed by atoms with van der Waals surface area (Å²) in [6.45, 7) is -0.217. The largest absolute Gasteiger partial charge is 0.472 e. The molecule has 9 heteroatoms. The maximum Gasteiger partial charge on any atom is 0.250 e. The Morgan fingerprint density at radius 1 is 1.30 bits per heavy atom. The van der Waals surface area contributed by atoms with E-state index in [1.807, 2.05) is 5.38 Å². The van der Waals surface area contributed by atoms with Gasteiger partial charge in [-0.05, 0) is 29.6 Å². The van der Waals surface area contributed by atoms with Crippen LogP contribution in [0.1, 0.15) is 10.4 Å². The minimum Gasteiger partial charge on any atom is -0.472 e. The van der Waals surface area contributed by atoms with Crippen LogP contribution in [0.2, 0.25) is 4.34 Å². The van der Waals surface area contributed by atoms with Crippen molar-refractivity contribution in [3.05, 3.63) is 63.0 Å². The molecule has 0 aliphatic heterocycles. The number of halogens is 1. The predicted molar refractivity (Wildman–Crippen MR) is 90.5 cm³/mol. The van der Waals surface area contributed by atoms with Gasteiger partial charge in [0.25, 0.3) is 0 Å². The summed E-state index contributed by atoms with van der Waals surface area (Å²) in [5.41, 5.74) is -1.03. The maximum absolute atomic E-state index is 12.3. The smallest absolute Gasteiger partial charge is 0.250 e. The monoisotopic (exact) mass is 389 g/mol. The van der Waals surface area contributed by atoms with Gasteiger partial charge in [-0.15, -0.1) is 22.7 Å². The van der Waals surface area contributed by atoms with Crippen molar-refractivity contribution in [2.75, 3.05) is 6.54 Å². The zero-order chi connectivity index (χ0) is 16.5. The second-order valence-electron chi connectivity index (χ2n) is 4.73. The van der Waals surface area contributed by atoms with Crippen LogP contribution >= 0.6 is 34.3 Å². The molecule has 0 bridgehead atoms. The summed E-state index contributed by atoms with van der Waals surface area (Å²) in [5.74, 6) is 0. The van der Waals surface area contributed by atoms with Crippen LogP contribution in [0.15, 0.2) is 56.9 Å². The first-order valence-electron chi connectivity index (χ1n) is 6.46. The van der Waals surface area contributed by atoms with Crippen molar-refractivity contribution in [2.24, 2.45) is 0 Å². The Morgan fingerprint density at radius 2 is 2.13 bits per heavy atom. The number of hydrogen-bond donors (Lipinski definition) is 2. The molecule has 0 aliphatic carbocycles. The zero-order valence-corrected chi connectivity index (χ0v) is 14.8. The normalized spacial score (nSPS) is 14.7. The van der Waals surface area contributed by atoms with Gasteiger partial charge in [0.05, 0.1) is 16.9 Å². The minimum absolute atomic E-state index is 0.100. The van der Waals surface area contributed by atoms with Gasteiger partial charge in [0.15, 0.2) is 0 Å². The van der Waals surface area contributed by atoms with Crippen LogP contribution in [-0.4, -0.2) is 20.1 Å². The SMILES string of the molecule is O=S(=O)(NC[C@](O)(c1ccoc1)c1cccs1)c1ccc(Cl)s1. The van der Waals surface area contributed by atoms with Gasteiger partial charge in [-0.3, -0.25) is 0 Å². The molecule has 3 heterocycles. The fourth-order valence-electron chi connectivity index (χ4n) is 2.06. The predicted octanol–water partition coefficient (Wildman–Crippen LogP) is 3.27. The fourth-order valence-corrected chi connectivity index (χ4v) is 5.49. The molecule has 0 amide bonds. The lowest BCUT2D eigenvalue weighted by Crippen LogP contribution is -2.40. The first-order chi connectivity index (χ1) is 10.9. The van der Waals surface area contributed by atoms with Crippen LogP contribution in [-0.2, 0) is 15.6 Å². The van der Waals surface area contributed by atoms with Crippen LogP contribution in [0.4, 0.5) is 0 Å². The fraction of sp³-hybridized carbons (Fsp3) is 0.143. The van der Waals surface area contributed by atoms with E-state index in [-0.39, 0.29) is 10.8 Å². The molecular weight excluding hydrogens is 378 g/mol. The maximum atomic E-state index is 12.3. The lowest BCUT2D eigenvalue weighted by atomic mass is 9.95. The number of thiophene rings is 2. The van der Waals surface area contributed by atoms with Crippen molar-refractivity contribution in [1.82, 2.24) is 4.72 Å². The molecule has 23 heavy (non-hydrogen) atoms. The molecule has 3 aromatic heterocycles. The molecule has 1 atom stereocenters. The molecule has 3 rings (SSSR count). The molecule has 0 fully saturated rings. The topological polar surface area (TPSA) is 79.5 Å². The van der Waals surface area contributed by atoms with Crippen molar-refractivity contribution in [2.45, 2.75) is 9.81 Å². The highest BCUT2D eigenvalue weighted by molar-refractivity contribution is 7.91. The summed E-state index contributed by atoms with van der Waals surface area (Å²) in [5, 5.41) is 12.9. The second kappa shape index (κ2) is 6.39. The molecule has 0 saturated carbocycles. The molecule has 0 aliphatic rings. The van der Waals surface area contributed by atoms with Crippen LogP contribution in [0.3, 0.4) is 0 Å². The van der Waals surface area contributed by atoms with Gasteiger partial charge in [0.1, 0.15) is 9.81 Å². The third-order valence-corrected chi connectivity index (χ3v) is 7.40. The van der Waals surface area contributed by atoms with E-state index < -0.39 is 15.6 Å². The summed E-state index contributed by atoms with van der Waals surface area (Å²) in [7, 11) is -3.76. The summed E-state index contributed by atoms with van der Waals surface area (Å²) >= 11 is 8.08. The van der Waals surface area contributed by atoms with Crippen LogP contribution in [0, 0.1) is 0 Å². The third-order valence-electron chi connectivity index (χ3n) is 3.26. The molecule has 0 saturated heterocycles. The van der Waals surface area contributed by atoms with Gasteiger partial charge in [-0.1, -0.05) is 17.7 Å². The Bertz CT molecular complexity index is 835. The highest BCUT2D eigenvalue weighted by atomic mass is 35.5. The number of aliphatic hydroxyl groups is 1. The highest BCUT2D eigenvalue weighted by Crippen LogP contribution is 2.33. The Kier molecular flexibility index (Phi) is 4.63. The van der Waals surface area contributed by atoms with Gasteiger partial charge >= 0.3 is 0 Å². The van der Waals surface area contributed by atoms with Gasteiger partial charge in [0.2, 0.25) is 10.0 Å². The quantitative estimate of drug-likeness (QED) is 0.678. The molecule has 122 valence electrons. The van der Waals surface area contributed by atoms with Gasteiger partial charge < -0.3 is 9.52 Å². The molecule has 5 nitrogen and oxygen atoms in total. The van der Waals surface area contributed by atoms with E-state index in [2.05, 4.69) is 4.72 Å². The average molecular weight is 390 g/mol. The Labute approximate surface area is 146 Å². The van der Waals surface area contributed by atoms with E-state index in [1.165, 1.54) is 36.0 Å². The molecule has 0 aromatic carbocycles. The summed E-state index contributed by atoms with van der Waals surface area (Å²) < 4.78 is 32.6. The van der Waals surface area contributed by atoms with E-state index in [4.69, 9.17) is 16.0 Å². The van der Waals surface area contributed by atoms with Gasteiger partial charge in [-0.2, -0.15) is 0 Å². The third kappa shape index (κ3) is 3.37. The number of rotatable bonds is 6. The van der Waals surface area contributed by atoms with Gasteiger partial charge in [-0.25, -0.2) is 13.1 Å². The van der Waals surface area contributed by atoms with Crippen molar-refractivity contribution < 1.29 is 17.9 Å². The first-order valence-corrected chi connectivity index (χ1v) is 10.0. The van der Waals surface area contributed by atoms with E-state index in [0.29, 0.717) is 14.8 Å². The number of nitrogens with one attached hydrogen (secondary N) is 1.